The molecule has 0 saturated heterocycles. The summed E-state index contributed by atoms with van der Waals surface area (Å²) < 4.78 is 5.27. The molecule has 0 spiro atoms. The van der Waals surface area contributed by atoms with Crippen LogP contribution in [0.3, 0.4) is 0 Å². The Bertz CT molecular complexity index is 699. The van der Waals surface area contributed by atoms with Gasteiger partial charge in [-0.3, -0.25) is 0 Å². The van der Waals surface area contributed by atoms with Crippen molar-refractivity contribution in [2.24, 2.45) is 0 Å². The largest absolute Gasteiger partial charge is 0.457 e. The Kier molecular flexibility index (Phi) is 12.2. The average molecular weight is 401 g/mol. The Balaban J connectivity index is 2.22. The Morgan fingerprint density at radius 3 is 1.89 bits per heavy atom. The van der Waals surface area contributed by atoms with Crippen molar-refractivity contribution in [2.45, 2.75) is 73.1 Å². The Hall–Kier alpha value is -1.87. The molecule has 28 heavy (non-hydrogen) atoms. The van der Waals surface area contributed by atoms with E-state index in [0.717, 1.165) is 38.5 Å². The standard InChI is InChI=1S/C25H36O2S/c1-20(2)10-6-11-21(3)12-7-13-22(4)14-8-15-23(5)17-18-27-25(26)24-16-9-19-28-24/h9-10,12,14,16-17,19H,6-8,11,13,15,18H2,1-5H3. The lowest BCUT2D eigenvalue weighted by atomic mass is 10.0. The van der Waals surface area contributed by atoms with Gasteiger partial charge in [-0.05, 0) is 90.7 Å². The highest BCUT2D eigenvalue weighted by Crippen LogP contribution is 2.14. The number of carbonyl (C=O) groups is 1. The van der Waals surface area contributed by atoms with E-state index in [9.17, 15) is 4.79 Å². The van der Waals surface area contributed by atoms with Gasteiger partial charge < -0.3 is 4.74 Å². The number of rotatable bonds is 12. The second kappa shape index (κ2) is 14.2. The van der Waals surface area contributed by atoms with E-state index in [0.29, 0.717) is 11.5 Å². The molecule has 1 heterocycles. The predicted octanol–water partition coefficient (Wildman–Crippen LogP) is 8.05. The van der Waals surface area contributed by atoms with Gasteiger partial charge in [0.2, 0.25) is 0 Å². The van der Waals surface area contributed by atoms with Crippen molar-refractivity contribution in [3.8, 4) is 0 Å². The van der Waals surface area contributed by atoms with E-state index in [1.165, 1.54) is 33.6 Å². The molecule has 0 radical (unpaired) electrons. The number of allylic oxidation sites excluding steroid dienone is 7. The topological polar surface area (TPSA) is 26.3 Å². The smallest absolute Gasteiger partial charge is 0.348 e. The molecular weight excluding hydrogens is 364 g/mol. The fourth-order valence-electron chi connectivity index (χ4n) is 2.71. The molecular formula is C25H36O2S. The molecule has 0 aromatic carbocycles. The summed E-state index contributed by atoms with van der Waals surface area (Å²) in [5.41, 5.74) is 5.60. The van der Waals surface area contributed by atoms with Crippen LogP contribution in [0.15, 0.2) is 64.1 Å². The monoisotopic (exact) mass is 400 g/mol. The normalized spacial score (nSPS) is 12.8. The number of thiophene rings is 1. The highest BCUT2D eigenvalue weighted by Gasteiger charge is 2.06. The maximum absolute atomic E-state index is 11.8. The predicted molar refractivity (Wildman–Crippen MR) is 123 cm³/mol. The van der Waals surface area contributed by atoms with Gasteiger partial charge in [0.1, 0.15) is 11.5 Å². The summed E-state index contributed by atoms with van der Waals surface area (Å²) in [7, 11) is 0. The lowest BCUT2D eigenvalue weighted by Gasteiger charge is -2.03. The maximum Gasteiger partial charge on any atom is 0.348 e. The average Bonchev–Trinajstić information content (AvgIpc) is 3.16. The summed E-state index contributed by atoms with van der Waals surface area (Å²) in [6, 6.07) is 3.65. The molecule has 0 atom stereocenters. The van der Waals surface area contributed by atoms with Crippen molar-refractivity contribution >= 4 is 17.3 Å². The molecule has 0 saturated carbocycles. The number of carbonyl (C=O) groups excluding carboxylic acids is 1. The molecule has 1 aromatic heterocycles. The van der Waals surface area contributed by atoms with Gasteiger partial charge in [-0.2, -0.15) is 0 Å². The molecule has 0 fully saturated rings. The lowest BCUT2D eigenvalue weighted by molar-refractivity contribution is 0.0554. The van der Waals surface area contributed by atoms with E-state index >= 15 is 0 Å². The summed E-state index contributed by atoms with van der Waals surface area (Å²) >= 11 is 1.41. The van der Waals surface area contributed by atoms with Gasteiger partial charge in [0, 0.05) is 0 Å². The van der Waals surface area contributed by atoms with Crippen LogP contribution in [0.2, 0.25) is 0 Å². The van der Waals surface area contributed by atoms with E-state index in [1.807, 2.05) is 17.5 Å². The molecule has 0 bridgehead atoms. The number of esters is 1. The third-order valence-corrected chi connectivity index (χ3v) is 5.37. The summed E-state index contributed by atoms with van der Waals surface area (Å²) in [6.07, 6.45) is 15.6. The van der Waals surface area contributed by atoms with Crippen molar-refractivity contribution in [3.05, 3.63) is 69.0 Å². The fraction of sp³-hybridized carbons (Fsp3) is 0.480. The van der Waals surface area contributed by atoms with Gasteiger partial charge in [-0.15, -0.1) is 11.3 Å². The van der Waals surface area contributed by atoms with Crippen LogP contribution >= 0.6 is 11.3 Å². The van der Waals surface area contributed by atoms with Crippen LogP contribution in [0.5, 0.6) is 0 Å². The zero-order valence-corrected chi connectivity index (χ0v) is 19.0. The highest BCUT2D eigenvalue weighted by molar-refractivity contribution is 7.11. The van der Waals surface area contributed by atoms with E-state index in [-0.39, 0.29) is 5.97 Å². The highest BCUT2D eigenvalue weighted by atomic mass is 32.1. The van der Waals surface area contributed by atoms with Crippen LogP contribution in [0, 0.1) is 0 Å². The minimum atomic E-state index is -0.237. The Morgan fingerprint density at radius 1 is 0.857 bits per heavy atom. The van der Waals surface area contributed by atoms with Crippen LogP contribution in [0.1, 0.15) is 82.8 Å². The summed E-state index contributed by atoms with van der Waals surface area (Å²) in [5.74, 6) is -0.237. The zero-order valence-electron chi connectivity index (χ0n) is 18.2. The minimum absolute atomic E-state index is 0.237. The number of hydrogen-bond donors (Lipinski definition) is 0. The lowest BCUT2D eigenvalue weighted by Crippen LogP contribution is -2.03. The van der Waals surface area contributed by atoms with E-state index in [2.05, 4.69) is 52.8 Å². The van der Waals surface area contributed by atoms with Gasteiger partial charge >= 0.3 is 5.97 Å². The van der Waals surface area contributed by atoms with Crippen molar-refractivity contribution in [1.29, 1.82) is 0 Å². The maximum atomic E-state index is 11.8. The van der Waals surface area contributed by atoms with E-state index in [1.54, 1.807) is 6.07 Å². The van der Waals surface area contributed by atoms with Gasteiger partial charge in [-0.25, -0.2) is 4.79 Å². The fourth-order valence-corrected chi connectivity index (χ4v) is 3.33. The molecule has 2 nitrogen and oxygen atoms in total. The van der Waals surface area contributed by atoms with Crippen molar-refractivity contribution in [1.82, 2.24) is 0 Å². The van der Waals surface area contributed by atoms with E-state index in [4.69, 9.17) is 4.74 Å². The molecule has 3 heteroatoms. The van der Waals surface area contributed by atoms with E-state index < -0.39 is 0 Å². The molecule has 0 unspecified atom stereocenters. The Labute approximate surface area is 175 Å². The van der Waals surface area contributed by atoms with Crippen molar-refractivity contribution in [2.75, 3.05) is 6.61 Å². The molecule has 0 aliphatic heterocycles. The second-order valence-corrected chi connectivity index (χ2v) is 8.57. The first-order valence-electron chi connectivity index (χ1n) is 10.2. The van der Waals surface area contributed by atoms with Gasteiger partial charge in [0.15, 0.2) is 0 Å². The Morgan fingerprint density at radius 2 is 1.39 bits per heavy atom. The van der Waals surface area contributed by atoms with Gasteiger partial charge in [0.05, 0.1) is 0 Å². The van der Waals surface area contributed by atoms with Crippen LogP contribution in [-0.4, -0.2) is 12.6 Å². The molecule has 0 aliphatic rings. The molecule has 1 rings (SSSR count). The SMILES string of the molecule is CC(C)=CCCC(C)=CCCC(C)=CCCC(C)=CCOC(=O)c1cccs1. The first kappa shape index (κ1) is 24.2. The summed E-state index contributed by atoms with van der Waals surface area (Å²) in [4.78, 5) is 12.4. The molecule has 0 amide bonds. The van der Waals surface area contributed by atoms with Crippen LogP contribution in [-0.2, 0) is 4.74 Å². The molecule has 0 N–H and O–H groups in total. The minimum Gasteiger partial charge on any atom is -0.457 e. The summed E-state index contributed by atoms with van der Waals surface area (Å²) in [6.45, 7) is 11.2. The first-order chi connectivity index (χ1) is 13.4. The zero-order chi connectivity index (χ0) is 20.8. The molecule has 1 aromatic rings. The molecule has 154 valence electrons. The van der Waals surface area contributed by atoms with Crippen LogP contribution in [0.25, 0.3) is 0 Å². The summed E-state index contributed by atoms with van der Waals surface area (Å²) in [5, 5.41) is 1.88. The molecule has 0 aliphatic carbocycles. The van der Waals surface area contributed by atoms with Crippen LogP contribution < -0.4 is 0 Å². The first-order valence-corrected chi connectivity index (χ1v) is 11.1. The quantitative estimate of drug-likeness (QED) is 0.262. The number of hydrogen-bond acceptors (Lipinski definition) is 3. The second-order valence-electron chi connectivity index (χ2n) is 7.62. The van der Waals surface area contributed by atoms with Gasteiger partial charge in [-0.1, -0.05) is 46.6 Å². The number of ether oxygens (including phenoxy) is 1. The van der Waals surface area contributed by atoms with Gasteiger partial charge in [0.25, 0.3) is 0 Å². The third kappa shape index (κ3) is 11.8. The third-order valence-electron chi connectivity index (χ3n) is 4.52. The van der Waals surface area contributed by atoms with Crippen molar-refractivity contribution < 1.29 is 9.53 Å². The van der Waals surface area contributed by atoms with Crippen LogP contribution in [0.4, 0.5) is 0 Å². The van der Waals surface area contributed by atoms with Crippen molar-refractivity contribution in [3.63, 3.8) is 0 Å².